The molecule has 0 aromatic carbocycles. The second-order valence-corrected chi connectivity index (χ2v) is 5.32. The van der Waals surface area contributed by atoms with Crippen molar-refractivity contribution in [1.82, 2.24) is 0 Å². The normalized spacial score (nSPS) is 33.6. The minimum atomic E-state index is -1.51. The fraction of sp³-hybridized carbons (Fsp3) is 0.786. The summed E-state index contributed by atoms with van der Waals surface area (Å²) >= 11 is 0. The predicted octanol–water partition coefficient (Wildman–Crippen LogP) is 0.705. The monoisotopic (exact) mass is 286 g/mol. The minimum absolute atomic E-state index is 0.162. The van der Waals surface area contributed by atoms with E-state index in [0.29, 0.717) is 0 Å². The van der Waals surface area contributed by atoms with Gasteiger partial charge in [0.25, 0.3) is 0 Å². The largest absolute Gasteiger partial charge is 0.466 e. The van der Waals surface area contributed by atoms with Crippen LogP contribution in [-0.4, -0.2) is 41.6 Å². The van der Waals surface area contributed by atoms with Crippen LogP contribution < -0.4 is 0 Å². The van der Waals surface area contributed by atoms with Gasteiger partial charge in [0.2, 0.25) is 0 Å². The van der Waals surface area contributed by atoms with Gasteiger partial charge in [-0.05, 0) is 26.7 Å². The summed E-state index contributed by atoms with van der Waals surface area (Å²) in [6.07, 6.45) is -0.260. The fourth-order valence-corrected chi connectivity index (χ4v) is 2.90. The Labute approximate surface area is 118 Å². The molecule has 0 amide bonds. The Morgan fingerprint density at radius 1 is 1.25 bits per heavy atom. The predicted molar refractivity (Wildman–Crippen MR) is 69.7 cm³/mol. The number of hydrogen-bond acceptors (Lipinski definition) is 6. The second kappa shape index (κ2) is 6.35. The first-order valence-corrected chi connectivity index (χ1v) is 6.84. The van der Waals surface area contributed by atoms with E-state index in [1.807, 2.05) is 0 Å². The zero-order chi connectivity index (χ0) is 15.5. The molecule has 20 heavy (non-hydrogen) atoms. The van der Waals surface area contributed by atoms with E-state index in [1.54, 1.807) is 20.8 Å². The van der Waals surface area contributed by atoms with E-state index < -0.39 is 41.1 Å². The third-order valence-corrected chi connectivity index (χ3v) is 3.68. The molecule has 0 heterocycles. The second-order valence-electron chi connectivity index (χ2n) is 5.32. The van der Waals surface area contributed by atoms with E-state index in [2.05, 4.69) is 0 Å². The van der Waals surface area contributed by atoms with Crippen LogP contribution >= 0.6 is 0 Å². The summed E-state index contributed by atoms with van der Waals surface area (Å²) < 4.78 is 9.83. The summed E-state index contributed by atoms with van der Waals surface area (Å²) in [5.41, 5.74) is -1.51. The first-order chi connectivity index (χ1) is 9.26. The molecule has 1 aliphatic rings. The molecule has 1 fully saturated rings. The molecule has 0 saturated heterocycles. The van der Waals surface area contributed by atoms with Crippen molar-refractivity contribution in [1.29, 1.82) is 0 Å². The number of carbonyl (C=O) groups excluding carboxylic acids is 3. The van der Waals surface area contributed by atoms with Crippen LogP contribution in [0.3, 0.4) is 0 Å². The SMILES string of the molecule is CCOC(=O)[C@@H]1C(=O)C[C@](C)(O)[C@@H](C(=O)OCC)[C@H]1C. The summed E-state index contributed by atoms with van der Waals surface area (Å²) in [7, 11) is 0. The van der Waals surface area contributed by atoms with Gasteiger partial charge < -0.3 is 14.6 Å². The van der Waals surface area contributed by atoms with Crippen LogP contribution in [0.2, 0.25) is 0 Å². The molecule has 0 radical (unpaired) electrons. The zero-order valence-electron chi connectivity index (χ0n) is 12.3. The van der Waals surface area contributed by atoms with Gasteiger partial charge in [0.05, 0.1) is 24.7 Å². The van der Waals surface area contributed by atoms with E-state index in [-0.39, 0.29) is 19.6 Å². The van der Waals surface area contributed by atoms with Crippen molar-refractivity contribution in [2.24, 2.45) is 17.8 Å². The zero-order valence-corrected chi connectivity index (χ0v) is 12.3. The number of aliphatic hydroxyl groups is 1. The number of hydrogen-bond donors (Lipinski definition) is 1. The minimum Gasteiger partial charge on any atom is -0.466 e. The highest BCUT2D eigenvalue weighted by atomic mass is 16.5. The molecule has 6 nitrogen and oxygen atoms in total. The lowest BCUT2D eigenvalue weighted by Gasteiger charge is -2.41. The highest BCUT2D eigenvalue weighted by Gasteiger charge is 2.54. The standard InChI is InChI=1S/C14H22O6/c1-5-19-12(16)10-8(3)11(13(17)20-6-2)14(4,18)7-9(10)15/h8,10-11,18H,5-7H2,1-4H3/t8-,10-,11+,14-/m0/s1. The molecule has 0 bridgehead atoms. The number of Topliss-reactive ketones (excluding diaryl/α,β-unsaturated/α-hetero) is 1. The Balaban J connectivity index is 3.05. The van der Waals surface area contributed by atoms with Crippen LogP contribution in [0.5, 0.6) is 0 Å². The van der Waals surface area contributed by atoms with Crippen LogP contribution in [0, 0.1) is 17.8 Å². The molecule has 0 aromatic rings. The summed E-state index contributed by atoms with van der Waals surface area (Å²) in [5.74, 6) is -4.24. The van der Waals surface area contributed by atoms with Crippen molar-refractivity contribution in [3.63, 3.8) is 0 Å². The van der Waals surface area contributed by atoms with Crippen LogP contribution in [0.15, 0.2) is 0 Å². The van der Waals surface area contributed by atoms with Gasteiger partial charge in [0.1, 0.15) is 11.7 Å². The van der Waals surface area contributed by atoms with E-state index >= 15 is 0 Å². The Bertz CT molecular complexity index is 400. The van der Waals surface area contributed by atoms with E-state index in [9.17, 15) is 19.5 Å². The third-order valence-electron chi connectivity index (χ3n) is 3.68. The Kier molecular flexibility index (Phi) is 5.28. The maximum atomic E-state index is 12.0. The maximum Gasteiger partial charge on any atom is 0.316 e. The first-order valence-electron chi connectivity index (χ1n) is 6.84. The van der Waals surface area contributed by atoms with Gasteiger partial charge >= 0.3 is 11.9 Å². The highest BCUT2D eigenvalue weighted by molar-refractivity contribution is 6.01. The molecular formula is C14H22O6. The van der Waals surface area contributed by atoms with Crippen LogP contribution in [0.25, 0.3) is 0 Å². The maximum absolute atomic E-state index is 12.0. The lowest BCUT2D eigenvalue weighted by molar-refractivity contribution is -0.176. The highest BCUT2D eigenvalue weighted by Crippen LogP contribution is 2.40. The van der Waals surface area contributed by atoms with Crippen molar-refractivity contribution in [3.05, 3.63) is 0 Å². The Hall–Kier alpha value is -1.43. The fourth-order valence-electron chi connectivity index (χ4n) is 2.90. The van der Waals surface area contributed by atoms with Gasteiger partial charge in [-0.25, -0.2) is 0 Å². The van der Waals surface area contributed by atoms with E-state index in [0.717, 1.165) is 0 Å². The molecule has 4 atom stereocenters. The van der Waals surface area contributed by atoms with Crippen molar-refractivity contribution in [2.45, 2.75) is 39.7 Å². The van der Waals surface area contributed by atoms with Crippen molar-refractivity contribution >= 4 is 17.7 Å². The lowest BCUT2D eigenvalue weighted by atomic mass is 9.64. The van der Waals surface area contributed by atoms with Gasteiger partial charge in [0.15, 0.2) is 0 Å². The Morgan fingerprint density at radius 2 is 1.75 bits per heavy atom. The quantitative estimate of drug-likeness (QED) is 0.604. The molecule has 0 spiro atoms. The average molecular weight is 286 g/mol. The van der Waals surface area contributed by atoms with Crippen LogP contribution in [-0.2, 0) is 23.9 Å². The topological polar surface area (TPSA) is 89.9 Å². The Morgan fingerprint density at radius 3 is 2.25 bits per heavy atom. The smallest absolute Gasteiger partial charge is 0.316 e. The number of rotatable bonds is 4. The molecule has 1 N–H and O–H groups in total. The van der Waals surface area contributed by atoms with Gasteiger partial charge in [-0.3, -0.25) is 14.4 Å². The number of carbonyl (C=O) groups is 3. The molecule has 114 valence electrons. The van der Waals surface area contributed by atoms with Crippen molar-refractivity contribution in [3.8, 4) is 0 Å². The van der Waals surface area contributed by atoms with Crippen molar-refractivity contribution in [2.75, 3.05) is 13.2 Å². The summed E-state index contributed by atoms with van der Waals surface area (Å²) in [4.78, 5) is 35.9. The molecule has 0 aliphatic heterocycles. The molecule has 6 heteroatoms. The molecule has 0 aromatic heterocycles. The third kappa shape index (κ3) is 3.17. The van der Waals surface area contributed by atoms with E-state index in [4.69, 9.17) is 9.47 Å². The molecule has 1 aliphatic carbocycles. The number of esters is 2. The first kappa shape index (κ1) is 16.6. The van der Waals surface area contributed by atoms with Gasteiger partial charge in [-0.15, -0.1) is 0 Å². The molecule has 0 unspecified atom stereocenters. The molecular weight excluding hydrogens is 264 g/mol. The number of ketones is 1. The molecule has 1 rings (SSSR count). The average Bonchev–Trinajstić information content (AvgIpc) is 2.27. The molecule has 1 saturated carbocycles. The van der Waals surface area contributed by atoms with E-state index in [1.165, 1.54) is 6.92 Å². The van der Waals surface area contributed by atoms with Crippen LogP contribution in [0.4, 0.5) is 0 Å². The van der Waals surface area contributed by atoms with Crippen molar-refractivity contribution < 1.29 is 29.0 Å². The summed E-state index contributed by atoms with van der Waals surface area (Å²) in [6, 6.07) is 0. The van der Waals surface area contributed by atoms with Gasteiger partial charge in [0, 0.05) is 6.42 Å². The summed E-state index contributed by atoms with van der Waals surface area (Å²) in [5, 5.41) is 10.3. The number of ether oxygens (including phenoxy) is 2. The lowest BCUT2D eigenvalue weighted by Crippen LogP contribution is -2.55. The summed E-state index contributed by atoms with van der Waals surface area (Å²) in [6.45, 7) is 6.66. The van der Waals surface area contributed by atoms with Gasteiger partial charge in [-0.2, -0.15) is 0 Å². The van der Waals surface area contributed by atoms with Crippen LogP contribution in [0.1, 0.15) is 34.1 Å². The van der Waals surface area contributed by atoms with Gasteiger partial charge in [-0.1, -0.05) is 6.92 Å².